The summed E-state index contributed by atoms with van der Waals surface area (Å²) in [5.74, 6) is 0.596. The zero-order valence-electron chi connectivity index (χ0n) is 13.2. The van der Waals surface area contributed by atoms with Gasteiger partial charge in [0.1, 0.15) is 0 Å². The van der Waals surface area contributed by atoms with Crippen molar-refractivity contribution in [2.45, 2.75) is 11.9 Å². The molecule has 1 aromatic carbocycles. The van der Waals surface area contributed by atoms with Crippen molar-refractivity contribution < 1.29 is 8.42 Å². The summed E-state index contributed by atoms with van der Waals surface area (Å²) in [6.07, 6.45) is 6.14. The molecule has 0 aliphatic rings. The van der Waals surface area contributed by atoms with E-state index in [0.717, 1.165) is 17.0 Å². The molecule has 0 spiro atoms. The van der Waals surface area contributed by atoms with Crippen LogP contribution >= 0.6 is 0 Å². The van der Waals surface area contributed by atoms with Crippen molar-refractivity contribution in [3.8, 4) is 11.3 Å². The summed E-state index contributed by atoms with van der Waals surface area (Å²) in [6, 6.07) is 8.91. The van der Waals surface area contributed by atoms with Gasteiger partial charge in [-0.1, -0.05) is 12.1 Å². The van der Waals surface area contributed by atoms with Gasteiger partial charge in [-0.15, -0.1) is 0 Å². The topological polar surface area (TPSA) is 105 Å². The molecule has 0 aliphatic carbocycles. The fraction of sp³-hybridized carbons (Fsp3) is 0.0625. The molecule has 8 nitrogen and oxygen atoms in total. The minimum atomic E-state index is -3.71. The second-order valence-electron chi connectivity index (χ2n) is 5.44. The lowest BCUT2D eigenvalue weighted by Gasteiger charge is -2.07. The molecule has 0 aliphatic heterocycles. The molecular formula is C16H14N6O2S. The molecule has 0 radical (unpaired) electrons. The van der Waals surface area contributed by atoms with E-state index < -0.39 is 10.0 Å². The Kier molecular flexibility index (Phi) is 3.50. The van der Waals surface area contributed by atoms with Crippen LogP contribution in [0.15, 0.2) is 60.3 Å². The molecule has 126 valence electrons. The smallest absolute Gasteiger partial charge is 0.278 e. The number of fused-ring (bicyclic) bond motifs is 1. The third-order valence-corrected chi connectivity index (χ3v) is 5.10. The number of nitrogens with one attached hydrogen (secondary N) is 2. The van der Waals surface area contributed by atoms with Crippen molar-refractivity contribution in [2.24, 2.45) is 0 Å². The summed E-state index contributed by atoms with van der Waals surface area (Å²) < 4.78 is 29.0. The predicted molar refractivity (Wildman–Crippen MR) is 92.6 cm³/mol. The molecule has 25 heavy (non-hydrogen) atoms. The van der Waals surface area contributed by atoms with Gasteiger partial charge in [0.05, 0.1) is 18.2 Å². The Balaban J connectivity index is 1.73. The van der Waals surface area contributed by atoms with Crippen LogP contribution in [0.1, 0.15) is 5.69 Å². The van der Waals surface area contributed by atoms with E-state index in [4.69, 9.17) is 0 Å². The Bertz CT molecular complexity index is 1150. The van der Waals surface area contributed by atoms with E-state index in [-0.39, 0.29) is 5.03 Å². The zero-order valence-corrected chi connectivity index (χ0v) is 14.0. The number of imidazole rings is 2. The van der Waals surface area contributed by atoms with E-state index in [1.165, 1.54) is 12.5 Å². The van der Waals surface area contributed by atoms with Gasteiger partial charge in [0.2, 0.25) is 5.78 Å². The first kappa shape index (κ1) is 15.3. The molecule has 3 aromatic heterocycles. The van der Waals surface area contributed by atoms with Crippen molar-refractivity contribution in [3.63, 3.8) is 0 Å². The van der Waals surface area contributed by atoms with Gasteiger partial charge < -0.3 is 4.98 Å². The molecular weight excluding hydrogens is 340 g/mol. The van der Waals surface area contributed by atoms with Gasteiger partial charge in [0.25, 0.3) is 10.0 Å². The number of rotatable bonds is 4. The van der Waals surface area contributed by atoms with Crippen LogP contribution in [0.25, 0.3) is 17.0 Å². The van der Waals surface area contributed by atoms with E-state index in [1.807, 2.05) is 29.7 Å². The molecule has 0 bridgehead atoms. The van der Waals surface area contributed by atoms with Gasteiger partial charge in [0, 0.05) is 29.3 Å². The first-order valence-corrected chi connectivity index (χ1v) is 8.94. The van der Waals surface area contributed by atoms with E-state index in [0.29, 0.717) is 11.5 Å². The van der Waals surface area contributed by atoms with E-state index in [9.17, 15) is 8.42 Å². The number of anilines is 1. The molecule has 0 amide bonds. The van der Waals surface area contributed by atoms with Crippen LogP contribution in [-0.2, 0) is 10.0 Å². The Labute approximate surface area is 143 Å². The number of hydrogen-bond donors (Lipinski definition) is 2. The molecule has 4 rings (SSSR count). The Hall–Kier alpha value is -3.20. The number of sulfonamides is 1. The Morgan fingerprint density at radius 2 is 2.12 bits per heavy atom. The number of aromatic amines is 1. The minimum absolute atomic E-state index is 0.00557. The maximum Gasteiger partial charge on any atom is 0.278 e. The highest BCUT2D eigenvalue weighted by Gasteiger charge is 2.17. The summed E-state index contributed by atoms with van der Waals surface area (Å²) in [5, 5.41) is 0.00557. The second kappa shape index (κ2) is 5.71. The number of aromatic nitrogens is 5. The van der Waals surface area contributed by atoms with Crippen LogP contribution in [-0.4, -0.2) is 32.8 Å². The molecule has 0 saturated carbocycles. The number of aryl methyl sites for hydroxylation is 1. The first-order chi connectivity index (χ1) is 12.0. The molecule has 0 fully saturated rings. The molecule has 9 heteroatoms. The number of benzene rings is 1. The lowest BCUT2D eigenvalue weighted by molar-refractivity contribution is 0.598. The average molecular weight is 354 g/mol. The number of H-pyrrole nitrogens is 1. The fourth-order valence-corrected chi connectivity index (χ4v) is 3.56. The van der Waals surface area contributed by atoms with Gasteiger partial charge in [-0.2, -0.15) is 8.42 Å². The van der Waals surface area contributed by atoms with Gasteiger partial charge in [-0.05, 0) is 25.1 Å². The Morgan fingerprint density at radius 3 is 2.88 bits per heavy atom. The average Bonchev–Trinajstić information content (AvgIpc) is 3.24. The molecule has 2 N–H and O–H groups in total. The third-order valence-electron chi connectivity index (χ3n) is 3.79. The quantitative estimate of drug-likeness (QED) is 0.585. The lowest BCUT2D eigenvalue weighted by atomic mass is 10.1. The predicted octanol–water partition coefficient (Wildman–Crippen LogP) is 2.23. The van der Waals surface area contributed by atoms with Crippen LogP contribution < -0.4 is 4.72 Å². The number of nitrogens with zero attached hydrogens (tertiary/aromatic N) is 4. The summed E-state index contributed by atoms with van der Waals surface area (Å²) in [6.45, 7) is 1.94. The summed E-state index contributed by atoms with van der Waals surface area (Å²) in [7, 11) is -3.71. The molecule has 0 saturated heterocycles. The summed E-state index contributed by atoms with van der Waals surface area (Å²) in [4.78, 5) is 15.1. The van der Waals surface area contributed by atoms with Crippen molar-refractivity contribution >= 4 is 21.5 Å². The van der Waals surface area contributed by atoms with Crippen LogP contribution in [0.4, 0.5) is 5.69 Å². The van der Waals surface area contributed by atoms with E-state index in [1.54, 1.807) is 24.4 Å². The fourth-order valence-electron chi connectivity index (χ4n) is 2.61. The largest absolute Gasteiger partial charge is 0.334 e. The van der Waals surface area contributed by atoms with Crippen molar-refractivity contribution in [3.05, 3.63) is 60.9 Å². The maximum atomic E-state index is 12.3. The van der Waals surface area contributed by atoms with Gasteiger partial charge in [-0.3, -0.25) is 9.12 Å². The highest BCUT2D eigenvalue weighted by molar-refractivity contribution is 7.92. The minimum Gasteiger partial charge on any atom is -0.334 e. The molecule has 4 aromatic rings. The van der Waals surface area contributed by atoms with Crippen molar-refractivity contribution in [2.75, 3.05) is 4.72 Å². The maximum absolute atomic E-state index is 12.3. The van der Waals surface area contributed by atoms with Crippen LogP contribution in [0, 0.1) is 6.92 Å². The van der Waals surface area contributed by atoms with E-state index in [2.05, 4.69) is 24.7 Å². The van der Waals surface area contributed by atoms with Crippen molar-refractivity contribution in [1.29, 1.82) is 0 Å². The van der Waals surface area contributed by atoms with Gasteiger partial charge in [-0.25, -0.2) is 15.0 Å². The molecule has 0 unspecified atom stereocenters. The third kappa shape index (κ3) is 2.74. The van der Waals surface area contributed by atoms with Crippen molar-refractivity contribution in [1.82, 2.24) is 24.3 Å². The SMILES string of the molecule is Cc1c(-c2cccc(NS(=O)(=O)c3cnc[nH]3)c2)nc2ncccn12. The molecule has 3 heterocycles. The van der Waals surface area contributed by atoms with Gasteiger partial charge >= 0.3 is 0 Å². The lowest BCUT2D eigenvalue weighted by Crippen LogP contribution is -2.13. The zero-order chi connectivity index (χ0) is 17.4. The monoisotopic (exact) mass is 354 g/mol. The summed E-state index contributed by atoms with van der Waals surface area (Å²) in [5.41, 5.74) is 2.92. The Morgan fingerprint density at radius 1 is 1.24 bits per heavy atom. The van der Waals surface area contributed by atoms with E-state index >= 15 is 0 Å². The highest BCUT2D eigenvalue weighted by Crippen LogP contribution is 2.26. The summed E-state index contributed by atoms with van der Waals surface area (Å²) >= 11 is 0. The van der Waals surface area contributed by atoms with Crippen LogP contribution in [0.5, 0.6) is 0 Å². The van der Waals surface area contributed by atoms with Crippen LogP contribution in [0.3, 0.4) is 0 Å². The second-order valence-corrected chi connectivity index (χ2v) is 7.09. The van der Waals surface area contributed by atoms with Crippen LogP contribution in [0.2, 0.25) is 0 Å². The highest BCUT2D eigenvalue weighted by atomic mass is 32.2. The normalized spacial score (nSPS) is 11.7. The standard InChI is InChI=1S/C16H14N6O2S/c1-11-15(20-16-18-6-3-7-22(11)16)12-4-2-5-13(8-12)21-25(23,24)14-9-17-10-19-14/h2-10,21H,1H3,(H,17,19). The number of hydrogen-bond acceptors (Lipinski definition) is 5. The molecule has 0 atom stereocenters. The van der Waals surface area contributed by atoms with Gasteiger partial charge in [0.15, 0.2) is 5.03 Å². The first-order valence-electron chi connectivity index (χ1n) is 7.46.